The number of carbonyl (C=O) groups excluding carboxylic acids is 1. The van der Waals surface area contributed by atoms with E-state index in [1.54, 1.807) is 23.8 Å². The summed E-state index contributed by atoms with van der Waals surface area (Å²) in [5.41, 5.74) is 5.74. The molecular formula is C31H32Cl2N2O3. The van der Waals surface area contributed by atoms with Crippen LogP contribution in [0.4, 0.5) is 5.69 Å². The molecule has 0 radical (unpaired) electrons. The lowest BCUT2D eigenvalue weighted by Gasteiger charge is -2.37. The highest BCUT2D eigenvalue weighted by Crippen LogP contribution is 2.36. The zero-order valence-corrected chi connectivity index (χ0v) is 23.1. The van der Waals surface area contributed by atoms with Crippen molar-refractivity contribution in [3.63, 3.8) is 0 Å². The van der Waals surface area contributed by atoms with Crippen LogP contribution in [0.25, 0.3) is 5.57 Å². The van der Waals surface area contributed by atoms with E-state index in [1.807, 2.05) is 36.4 Å². The number of hydrogen-bond acceptors (Lipinski definition) is 5. The molecule has 0 spiro atoms. The summed E-state index contributed by atoms with van der Waals surface area (Å²) < 4.78 is 11.1. The number of rotatable bonds is 7. The maximum atomic E-state index is 12.4. The van der Waals surface area contributed by atoms with Gasteiger partial charge in [-0.2, -0.15) is 0 Å². The van der Waals surface area contributed by atoms with Gasteiger partial charge in [0.05, 0.1) is 12.1 Å². The normalized spacial score (nSPS) is 16.4. The molecule has 0 aromatic heterocycles. The van der Waals surface area contributed by atoms with Gasteiger partial charge in [0.1, 0.15) is 17.1 Å². The minimum atomic E-state index is -0.444. The Balaban J connectivity index is 1.29. The Morgan fingerprint density at radius 3 is 2.34 bits per heavy atom. The first-order chi connectivity index (χ1) is 18.5. The second-order valence-electron chi connectivity index (χ2n) is 9.76. The molecule has 0 atom stereocenters. The molecule has 7 heteroatoms. The smallest absolute Gasteiger partial charge is 0.341 e. The van der Waals surface area contributed by atoms with Crippen LogP contribution in [0.3, 0.4) is 0 Å². The number of methoxy groups -OCH3 is 1. The average Bonchev–Trinajstić information content (AvgIpc) is 2.95. The van der Waals surface area contributed by atoms with Gasteiger partial charge < -0.3 is 14.4 Å². The molecule has 198 valence electrons. The van der Waals surface area contributed by atoms with E-state index in [0.717, 1.165) is 56.3 Å². The number of para-hydroxylation sites is 1. The Hall–Kier alpha value is -2.99. The molecule has 0 saturated carbocycles. The van der Waals surface area contributed by atoms with E-state index in [1.165, 1.54) is 31.1 Å². The van der Waals surface area contributed by atoms with Gasteiger partial charge in [-0.3, -0.25) is 4.90 Å². The van der Waals surface area contributed by atoms with Crippen LogP contribution in [0.1, 0.15) is 41.6 Å². The predicted octanol–water partition coefficient (Wildman–Crippen LogP) is 7.72. The molecule has 0 N–H and O–H groups in total. The van der Waals surface area contributed by atoms with Gasteiger partial charge in [0.25, 0.3) is 0 Å². The number of ether oxygens (including phenoxy) is 2. The number of carbonyl (C=O) groups is 1. The number of hydrogen-bond donors (Lipinski definition) is 0. The van der Waals surface area contributed by atoms with Crippen LogP contribution in [0.15, 0.2) is 72.3 Å². The van der Waals surface area contributed by atoms with E-state index in [2.05, 4.69) is 21.9 Å². The van der Waals surface area contributed by atoms with Crippen LogP contribution in [-0.2, 0) is 4.74 Å². The summed E-state index contributed by atoms with van der Waals surface area (Å²) in [6.45, 7) is 4.74. The molecule has 1 saturated heterocycles. The molecule has 3 aromatic rings. The van der Waals surface area contributed by atoms with Crippen LogP contribution in [0.5, 0.6) is 11.5 Å². The summed E-state index contributed by atoms with van der Waals surface area (Å²) in [4.78, 5) is 17.3. The maximum Gasteiger partial charge on any atom is 0.341 e. The van der Waals surface area contributed by atoms with Gasteiger partial charge in [0.15, 0.2) is 0 Å². The molecule has 1 aliphatic heterocycles. The molecule has 1 aliphatic carbocycles. The Morgan fingerprint density at radius 2 is 1.61 bits per heavy atom. The summed E-state index contributed by atoms with van der Waals surface area (Å²) in [5, 5.41) is 1.26. The molecule has 0 unspecified atom stereocenters. The summed E-state index contributed by atoms with van der Waals surface area (Å²) in [6, 6.07) is 21.2. The number of benzene rings is 3. The Morgan fingerprint density at radius 1 is 0.868 bits per heavy atom. The molecular weight excluding hydrogens is 519 g/mol. The fraction of sp³-hybridized carbons (Fsp3) is 0.323. The van der Waals surface area contributed by atoms with Crippen molar-refractivity contribution in [2.24, 2.45) is 0 Å². The lowest BCUT2D eigenvalue weighted by atomic mass is 9.87. The second-order valence-corrected chi connectivity index (χ2v) is 10.6. The molecule has 1 heterocycles. The molecule has 2 aliphatic rings. The lowest BCUT2D eigenvalue weighted by Crippen LogP contribution is -2.47. The summed E-state index contributed by atoms with van der Waals surface area (Å²) in [6.07, 6.45) is 4.80. The van der Waals surface area contributed by atoms with Crippen LogP contribution in [0.2, 0.25) is 10.0 Å². The lowest BCUT2D eigenvalue weighted by molar-refractivity contribution is 0.0598. The van der Waals surface area contributed by atoms with Gasteiger partial charge in [-0.05, 0) is 73.2 Å². The number of halogens is 2. The summed E-state index contributed by atoms with van der Waals surface area (Å²) in [5.74, 6) is 0.490. The zero-order chi connectivity index (χ0) is 26.5. The highest BCUT2D eigenvalue weighted by Gasteiger charge is 2.23. The maximum absolute atomic E-state index is 12.4. The van der Waals surface area contributed by atoms with Crippen LogP contribution in [0, 0.1) is 0 Å². The monoisotopic (exact) mass is 550 g/mol. The van der Waals surface area contributed by atoms with Gasteiger partial charge in [-0.15, -0.1) is 0 Å². The van der Waals surface area contributed by atoms with Gasteiger partial charge in [0, 0.05) is 49.5 Å². The zero-order valence-electron chi connectivity index (χ0n) is 21.6. The SMILES string of the molecule is COC(=O)c1ccc(N2CCN(CC3=C(c4ccc(Cl)cc4)CCCC3)CC2)cc1Oc1ccccc1Cl. The van der Waals surface area contributed by atoms with Gasteiger partial charge in [-0.1, -0.05) is 53.0 Å². The molecule has 5 nitrogen and oxygen atoms in total. The topological polar surface area (TPSA) is 42.0 Å². The van der Waals surface area contributed by atoms with Gasteiger partial charge in [-0.25, -0.2) is 4.79 Å². The predicted molar refractivity (Wildman–Crippen MR) is 155 cm³/mol. The first kappa shape index (κ1) is 26.6. The van der Waals surface area contributed by atoms with Crippen molar-refractivity contribution in [2.75, 3.05) is 44.7 Å². The highest BCUT2D eigenvalue weighted by molar-refractivity contribution is 6.32. The summed E-state index contributed by atoms with van der Waals surface area (Å²) >= 11 is 12.4. The van der Waals surface area contributed by atoms with E-state index in [4.69, 9.17) is 32.7 Å². The minimum absolute atomic E-state index is 0.369. The van der Waals surface area contributed by atoms with E-state index >= 15 is 0 Å². The molecule has 1 fully saturated rings. The Bertz CT molecular complexity index is 1310. The van der Waals surface area contributed by atoms with E-state index < -0.39 is 5.97 Å². The summed E-state index contributed by atoms with van der Waals surface area (Å²) in [7, 11) is 1.37. The van der Waals surface area contributed by atoms with E-state index in [0.29, 0.717) is 22.1 Å². The van der Waals surface area contributed by atoms with Crippen LogP contribution >= 0.6 is 23.2 Å². The first-order valence-corrected chi connectivity index (χ1v) is 13.9. The van der Waals surface area contributed by atoms with Crippen molar-refractivity contribution in [1.29, 1.82) is 0 Å². The van der Waals surface area contributed by atoms with Crippen molar-refractivity contribution in [1.82, 2.24) is 4.90 Å². The largest absolute Gasteiger partial charge is 0.465 e. The quantitative estimate of drug-likeness (QED) is 0.281. The van der Waals surface area contributed by atoms with Crippen molar-refractivity contribution in [2.45, 2.75) is 25.7 Å². The van der Waals surface area contributed by atoms with E-state index in [-0.39, 0.29) is 0 Å². The number of nitrogens with zero attached hydrogens (tertiary/aromatic N) is 2. The molecule has 0 bridgehead atoms. The Labute approximate surface area is 234 Å². The fourth-order valence-corrected chi connectivity index (χ4v) is 5.59. The molecule has 38 heavy (non-hydrogen) atoms. The minimum Gasteiger partial charge on any atom is -0.465 e. The molecule has 0 amide bonds. The third-order valence-electron chi connectivity index (χ3n) is 7.35. The number of piperazine rings is 1. The standard InChI is InChI=1S/C31H32Cl2N2O3/c1-37-31(36)27-15-14-25(20-30(27)38-29-9-5-4-8-28(29)33)35-18-16-34(17-19-35)21-23-6-2-3-7-26(23)22-10-12-24(32)13-11-22/h4-5,8-15,20H,2-3,6-7,16-19,21H2,1H3. The van der Waals surface area contributed by atoms with Crippen molar-refractivity contribution in [3.8, 4) is 11.5 Å². The third kappa shape index (κ3) is 6.17. The van der Waals surface area contributed by atoms with Crippen molar-refractivity contribution in [3.05, 3.63) is 93.5 Å². The number of allylic oxidation sites excluding steroid dienone is 1. The third-order valence-corrected chi connectivity index (χ3v) is 7.92. The second kappa shape index (κ2) is 12.2. The van der Waals surface area contributed by atoms with E-state index in [9.17, 15) is 4.79 Å². The average molecular weight is 552 g/mol. The van der Waals surface area contributed by atoms with Gasteiger partial charge in [0.2, 0.25) is 0 Å². The van der Waals surface area contributed by atoms with Gasteiger partial charge >= 0.3 is 5.97 Å². The Kier molecular flexibility index (Phi) is 8.58. The highest BCUT2D eigenvalue weighted by atomic mass is 35.5. The van der Waals surface area contributed by atoms with Crippen LogP contribution < -0.4 is 9.64 Å². The molecule has 5 rings (SSSR count). The van der Waals surface area contributed by atoms with Crippen molar-refractivity contribution >= 4 is 40.4 Å². The number of esters is 1. The van der Waals surface area contributed by atoms with Crippen LogP contribution in [-0.4, -0.2) is 50.7 Å². The number of anilines is 1. The van der Waals surface area contributed by atoms with Crippen molar-refractivity contribution < 1.29 is 14.3 Å². The molecule has 3 aromatic carbocycles. The fourth-order valence-electron chi connectivity index (χ4n) is 5.29. The first-order valence-electron chi connectivity index (χ1n) is 13.1.